The van der Waals surface area contributed by atoms with E-state index in [9.17, 15) is 18.5 Å². The maximum atomic E-state index is 12.1. The number of hydrogen-bond acceptors (Lipinski definition) is 5. The Bertz CT molecular complexity index is 586. The SMILES string of the molecule is CCC(C)CNS(=O)(=O)c1ccc(NC)cc1[N+](=O)[O-]. The number of nitro groups is 1. The summed E-state index contributed by atoms with van der Waals surface area (Å²) in [6, 6.07) is 3.94. The topological polar surface area (TPSA) is 101 Å². The molecule has 0 fully saturated rings. The Hall–Kier alpha value is -1.67. The van der Waals surface area contributed by atoms with Gasteiger partial charge in [0.1, 0.15) is 0 Å². The number of anilines is 1. The van der Waals surface area contributed by atoms with E-state index in [0.717, 1.165) is 6.42 Å². The standard InChI is InChI=1S/C12H19N3O4S/c1-4-9(2)8-14-20(18,19)12-6-5-10(13-3)7-11(12)15(16)17/h5-7,9,13-14H,4,8H2,1-3H3. The van der Waals surface area contributed by atoms with Crippen molar-refractivity contribution >= 4 is 21.4 Å². The Morgan fingerprint density at radius 3 is 2.55 bits per heavy atom. The predicted octanol–water partition coefficient (Wildman–Crippen LogP) is 1.96. The summed E-state index contributed by atoms with van der Waals surface area (Å²) in [6.45, 7) is 4.11. The van der Waals surface area contributed by atoms with E-state index in [1.165, 1.54) is 18.2 Å². The van der Waals surface area contributed by atoms with Crippen LogP contribution in [0.4, 0.5) is 11.4 Å². The number of nitrogens with zero attached hydrogens (tertiary/aromatic N) is 1. The Morgan fingerprint density at radius 2 is 2.05 bits per heavy atom. The van der Waals surface area contributed by atoms with Gasteiger partial charge in [0.15, 0.2) is 4.90 Å². The number of nitrogens with one attached hydrogen (secondary N) is 2. The highest BCUT2D eigenvalue weighted by Crippen LogP contribution is 2.27. The molecular formula is C12H19N3O4S. The smallest absolute Gasteiger partial charge is 0.291 e. The number of sulfonamides is 1. The van der Waals surface area contributed by atoms with Gasteiger partial charge in [-0.2, -0.15) is 0 Å². The van der Waals surface area contributed by atoms with Crippen LogP contribution in [0, 0.1) is 16.0 Å². The van der Waals surface area contributed by atoms with Crippen LogP contribution in [-0.4, -0.2) is 26.9 Å². The van der Waals surface area contributed by atoms with Crippen LogP contribution in [0.3, 0.4) is 0 Å². The maximum Gasteiger partial charge on any atom is 0.291 e. The van der Waals surface area contributed by atoms with Crippen molar-refractivity contribution < 1.29 is 13.3 Å². The Labute approximate surface area is 118 Å². The van der Waals surface area contributed by atoms with Crippen LogP contribution in [0.25, 0.3) is 0 Å². The average molecular weight is 301 g/mol. The lowest BCUT2D eigenvalue weighted by Gasteiger charge is -2.11. The van der Waals surface area contributed by atoms with E-state index in [2.05, 4.69) is 10.0 Å². The summed E-state index contributed by atoms with van der Waals surface area (Å²) in [5.74, 6) is 0.167. The number of hydrogen-bond donors (Lipinski definition) is 2. The van der Waals surface area contributed by atoms with Crippen molar-refractivity contribution in [3.05, 3.63) is 28.3 Å². The van der Waals surface area contributed by atoms with Crippen LogP contribution in [0.1, 0.15) is 20.3 Å². The number of benzene rings is 1. The normalized spacial score (nSPS) is 12.9. The van der Waals surface area contributed by atoms with E-state index in [4.69, 9.17) is 0 Å². The van der Waals surface area contributed by atoms with Crippen molar-refractivity contribution in [2.75, 3.05) is 18.9 Å². The van der Waals surface area contributed by atoms with Crippen LogP contribution in [0.5, 0.6) is 0 Å². The van der Waals surface area contributed by atoms with Gasteiger partial charge < -0.3 is 5.32 Å². The summed E-state index contributed by atoms with van der Waals surface area (Å²) in [6.07, 6.45) is 0.823. The van der Waals surface area contributed by atoms with Gasteiger partial charge in [0.2, 0.25) is 10.0 Å². The van der Waals surface area contributed by atoms with Crippen LogP contribution >= 0.6 is 0 Å². The van der Waals surface area contributed by atoms with Crippen molar-refractivity contribution in [2.24, 2.45) is 5.92 Å². The summed E-state index contributed by atoms with van der Waals surface area (Å²) in [5, 5.41) is 13.8. The molecule has 7 nitrogen and oxygen atoms in total. The van der Waals surface area contributed by atoms with Crippen molar-refractivity contribution in [3.63, 3.8) is 0 Å². The third kappa shape index (κ3) is 3.91. The molecule has 1 unspecified atom stereocenters. The molecule has 0 amide bonds. The second kappa shape index (κ2) is 6.67. The van der Waals surface area contributed by atoms with E-state index in [1.54, 1.807) is 7.05 Å². The zero-order valence-corrected chi connectivity index (χ0v) is 12.5. The first-order chi connectivity index (χ1) is 9.31. The molecule has 0 aliphatic rings. The Kier molecular flexibility index (Phi) is 5.46. The Morgan fingerprint density at radius 1 is 1.40 bits per heavy atom. The molecule has 112 valence electrons. The molecule has 0 aromatic heterocycles. The van der Waals surface area contributed by atoms with Gasteiger partial charge in [-0.3, -0.25) is 10.1 Å². The maximum absolute atomic E-state index is 12.1. The summed E-state index contributed by atoms with van der Waals surface area (Å²) in [7, 11) is -2.28. The fourth-order valence-corrected chi connectivity index (χ4v) is 2.83. The molecule has 0 aliphatic heterocycles. The van der Waals surface area contributed by atoms with Gasteiger partial charge in [0, 0.05) is 25.3 Å². The monoisotopic (exact) mass is 301 g/mol. The molecular weight excluding hydrogens is 282 g/mol. The highest BCUT2D eigenvalue weighted by atomic mass is 32.2. The predicted molar refractivity (Wildman–Crippen MR) is 77.3 cm³/mol. The van der Waals surface area contributed by atoms with E-state index in [1.807, 2.05) is 13.8 Å². The van der Waals surface area contributed by atoms with Crippen LogP contribution < -0.4 is 10.0 Å². The zero-order chi connectivity index (χ0) is 15.3. The first kappa shape index (κ1) is 16.4. The number of nitro benzene ring substituents is 1. The van der Waals surface area contributed by atoms with Crippen LogP contribution in [-0.2, 0) is 10.0 Å². The third-order valence-electron chi connectivity index (χ3n) is 3.05. The average Bonchev–Trinajstić information content (AvgIpc) is 2.43. The lowest BCUT2D eigenvalue weighted by Crippen LogP contribution is -2.28. The molecule has 0 spiro atoms. The van der Waals surface area contributed by atoms with Crippen molar-refractivity contribution in [3.8, 4) is 0 Å². The van der Waals surface area contributed by atoms with Crippen LogP contribution in [0.15, 0.2) is 23.1 Å². The molecule has 1 atom stereocenters. The minimum atomic E-state index is -3.89. The highest BCUT2D eigenvalue weighted by Gasteiger charge is 2.26. The first-order valence-electron chi connectivity index (χ1n) is 6.27. The van der Waals surface area contributed by atoms with Crippen molar-refractivity contribution in [2.45, 2.75) is 25.2 Å². The second-order valence-corrected chi connectivity index (χ2v) is 6.29. The zero-order valence-electron chi connectivity index (χ0n) is 11.7. The molecule has 20 heavy (non-hydrogen) atoms. The molecule has 0 aliphatic carbocycles. The largest absolute Gasteiger partial charge is 0.388 e. The molecule has 0 saturated carbocycles. The quantitative estimate of drug-likeness (QED) is 0.592. The van der Waals surface area contributed by atoms with Gasteiger partial charge in [-0.25, -0.2) is 13.1 Å². The second-order valence-electron chi connectivity index (χ2n) is 4.55. The molecule has 8 heteroatoms. The fraction of sp³-hybridized carbons (Fsp3) is 0.500. The molecule has 1 aromatic carbocycles. The van der Waals surface area contributed by atoms with Gasteiger partial charge in [-0.1, -0.05) is 20.3 Å². The third-order valence-corrected chi connectivity index (χ3v) is 4.52. The molecule has 0 radical (unpaired) electrons. The summed E-state index contributed by atoms with van der Waals surface area (Å²) >= 11 is 0. The highest BCUT2D eigenvalue weighted by molar-refractivity contribution is 7.89. The van der Waals surface area contributed by atoms with Gasteiger partial charge >= 0.3 is 0 Å². The molecule has 1 aromatic rings. The minimum absolute atomic E-state index is 0.167. The number of rotatable bonds is 7. The first-order valence-corrected chi connectivity index (χ1v) is 7.76. The molecule has 1 rings (SSSR count). The molecule has 2 N–H and O–H groups in total. The Balaban J connectivity index is 3.14. The van der Waals surface area contributed by atoms with Gasteiger partial charge in [-0.05, 0) is 18.1 Å². The summed E-state index contributed by atoms with van der Waals surface area (Å²) in [5.41, 5.74) is 0.0473. The molecule has 0 bridgehead atoms. The summed E-state index contributed by atoms with van der Waals surface area (Å²) in [4.78, 5) is 10.0. The van der Waals surface area contributed by atoms with Crippen molar-refractivity contribution in [1.82, 2.24) is 4.72 Å². The fourth-order valence-electron chi connectivity index (χ4n) is 1.52. The molecule has 0 saturated heterocycles. The van der Waals surface area contributed by atoms with E-state index < -0.39 is 20.6 Å². The minimum Gasteiger partial charge on any atom is -0.388 e. The lowest BCUT2D eigenvalue weighted by molar-refractivity contribution is -0.387. The van der Waals surface area contributed by atoms with Gasteiger partial charge in [0.25, 0.3) is 5.69 Å². The van der Waals surface area contributed by atoms with Gasteiger partial charge in [0.05, 0.1) is 4.92 Å². The van der Waals surface area contributed by atoms with Crippen LogP contribution in [0.2, 0.25) is 0 Å². The van der Waals surface area contributed by atoms with E-state index in [0.29, 0.717) is 5.69 Å². The lowest BCUT2D eigenvalue weighted by atomic mass is 10.1. The van der Waals surface area contributed by atoms with Gasteiger partial charge in [-0.15, -0.1) is 0 Å². The molecule has 0 heterocycles. The summed E-state index contributed by atoms with van der Waals surface area (Å²) < 4.78 is 26.7. The van der Waals surface area contributed by atoms with E-state index >= 15 is 0 Å². The van der Waals surface area contributed by atoms with E-state index in [-0.39, 0.29) is 17.4 Å². The van der Waals surface area contributed by atoms with Crippen molar-refractivity contribution in [1.29, 1.82) is 0 Å².